The number of carbonyl (C=O) groups is 1. The number of hydrogen-bond acceptors (Lipinski definition) is 7. The van der Waals surface area contributed by atoms with Gasteiger partial charge < -0.3 is 19.3 Å². The first-order chi connectivity index (χ1) is 16.6. The first-order valence-electron chi connectivity index (χ1n) is 11.9. The van der Waals surface area contributed by atoms with Crippen LogP contribution in [0, 0.1) is 5.92 Å². The molecule has 3 aromatic rings. The summed E-state index contributed by atoms with van der Waals surface area (Å²) in [5, 5.41) is 2.00. The number of ether oxygens (including phenoxy) is 2. The van der Waals surface area contributed by atoms with Crippen LogP contribution >= 0.6 is 11.3 Å². The minimum absolute atomic E-state index is 0.116. The van der Waals surface area contributed by atoms with Crippen LogP contribution in [0.3, 0.4) is 0 Å². The SMILES string of the molecule is COc1ccccc1Oc1nc(N2CCC(C)CC2)nc2c1CN(C(=O)Cc1cccs1)CC2. The molecule has 2 aliphatic heterocycles. The number of nitrogens with zero attached hydrogens (tertiary/aromatic N) is 4. The molecule has 0 N–H and O–H groups in total. The smallest absolute Gasteiger partial charge is 0.229 e. The summed E-state index contributed by atoms with van der Waals surface area (Å²) < 4.78 is 11.8. The second-order valence-corrected chi connectivity index (χ2v) is 10.0. The van der Waals surface area contributed by atoms with E-state index < -0.39 is 0 Å². The number of thiophene rings is 1. The van der Waals surface area contributed by atoms with Crippen LogP contribution < -0.4 is 14.4 Å². The molecule has 1 saturated heterocycles. The number of para-hydroxylation sites is 2. The lowest BCUT2D eigenvalue weighted by Crippen LogP contribution is -2.38. The van der Waals surface area contributed by atoms with E-state index in [-0.39, 0.29) is 5.91 Å². The molecule has 0 atom stereocenters. The quantitative estimate of drug-likeness (QED) is 0.512. The first kappa shape index (κ1) is 22.7. The van der Waals surface area contributed by atoms with Gasteiger partial charge in [0, 0.05) is 30.9 Å². The molecule has 0 saturated carbocycles. The molecule has 1 amide bonds. The normalized spacial score (nSPS) is 16.3. The number of amides is 1. The lowest BCUT2D eigenvalue weighted by atomic mass is 9.99. The monoisotopic (exact) mass is 478 g/mol. The average Bonchev–Trinajstić information content (AvgIpc) is 3.37. The minimum Gasteiger partial charge on any atom is -0.493 e. The molecule has 34 heavy (non-hydrogen) atoms. The number of methoxy groups -OCH3 is 1. The number of rotatable bonds is 6. The van der Waals surface area contributed by atoms with Crippen LogP contribution in [0.4, 0.5) is 5.95 Å². The summed E-state index contributed by atoms with van der Waals surface area (Å²) in [6, 6.07) is 11.5. The third-order valence-electron chi connectivity index (χ3n) is 6.61. The third-order valence-corrected chi connectivity index (χ3v) is 7.49. The highest BCUT2D eigenvalue weighted by molar-refractivity contribution is 7.10. The topological polar surface area (TPSA) is 67.8 Å². The molecule has 0 spiro atoms. The summed E-state index contributed by atoms with van der Waals surface area (Å²) in [4.78, 5) is 28.1. The Balaban J connectivity index is 1.46. The van der Waals surface area contributed by atoms with Crippen LogP contribution in [0.25, 0.3) is 0 Å². The van der Waals surface area contributed by atoms with Gasteiger partial charge in [-0.05, 0) is 42.3 Å². The largest absolute Gasteiger partial charge is 0.493 e. The summed E-state index contributed by atoms with van der Waals surface area (Å²) in [5.41, 5.74) is 1.85. The van der Waals surface area contributed by atoms with Crippen molar-refractivity contribution in [2.75, 3.05) is 31.6 Å². The number of carbonyl (C=O) groups excluding carboxylic acids is 1. The van der Waals surface area contributed by atoms with E-state index in [9.17, 15) is 4.79 Å². The molecule has 178 valence electrons. The van der Waals surface area contributed by atoms with E-state index in [1.807, 2.05) is 46.7 Å². The van der Waals surface area contributed by atoms with Crippen molar-refractivity contribution < 1.29 is 14.3 Å². The number of fused-ring (bicyclic) bond motifs is 1. The zero-order valence-electron chi connectivity index (χ0n) is 19.7. The van der Waals surface area contributed by atoms with Gasteiger partial charge in [-0.3, -0.25) is 4.79 Å². The highest BCUT2D eigenvalue weighted by atomic mass is 32.1. The number of benzene rings is 1. The van der Waals surface area contributed by atoms with Gasteiger partial charge in [-0.2, -0.15) is 4.98 Å². The Morgan fingerprint density at radius 1 is 1.09 bits per heavy atom. The molecule has 8 heteroatoms. The molecule has 0 bridgehead atoms. The van der Waals surface area contributed by atoms with Crippen LogP contribution in [0.15, 0.2) is 41.8 Å². The fourth-order valence-corrected chi connectivity index (χ4v) is 5.20. The number of hydrogen-bond donors (Lipinski definition) is 0. The first-order valence-corrected chi connectivity index (χ1v) is 12.7. The van der Waals surface area contributed by atoms with E-state index in [1.54, 1.807) is 18.4 Å². The summed E-state index contributed by atoms with van der Waals surface area (Å²) in [6.07, 6.45) is 3.37. The van der Waals surface area contributed by atoms with Crippen LogP contribution in [-0.2, 0) is 24.2 Å². The molecule has 1 fully saturated rings. The van der Waals surface area contributed by atoms with Crippen LogP contribution in [0.2, 0.25) is 0 Å². The summed E-state index contributed by atoms with van der Waals surface area (Å²) in [6.45, 7) is 5.28. The molecule has 5 rings (SSSR count). The summed E-state index contributed by atoms with van der Waals surface area (Å²) >= 11 is 1.61. The average molecular weight is 479 g/mol. The second-order valence-electron chi connectivity index (χ2n) is 9.00. The standard InChI is InChI=1S/C26H30N4O3S/c1-18-9-12-29(13-10-18)26-27-21-11-14-30(24(31)16-19-6-5-15-34-19)17-20(21)25(28-26)33-23-8-4-3-7-22(23)32-2/h3-8,15,18H,9-14,16-17H2,1-2H3. The van der Waals surface area contributed by atoms with Crippen LogP contribution in [0.5, 0.6) is 17.4 Å². The van der Waals surface area contributed by atoms with Crippen molar-refractivity contribution in [3.8, 4) is 17.4 Å². The summed E-state index contributed by atoms with van der Waals surface area (Å²) in [5.74, 6) is 3.31. The lowest BCUT2D eigenvalue weighted by molar-refractivity contribution is -0.131. The number of anilines is 1. The van der Waals surface area contributed by atoms with Gasteiger partial charge in [0.15, 0.2) is 11.5 Å². The minimum atomic E-state index is 0.116. The third kappa shape index (κ3) is 4.87. The maximum atomic E-state index is 13.0. The van der Waals surface area contributed by atoms with Crippen molar-refractivity contribution in [2.24, 2.45) is 5.92 Å². The van der Waals surface area contributed by atoms with Gasteiger partial charge in [0.25, 0.3) is 0 Å². The van der Waals surface area contributed by atoms with E-state index in [2.05, 4.69) is 11.8 Å². The van der Waals surface area contributed by atoms with Crippen LogP contribution in [0.1, 0.15) is 35.9 Å². The van der Waals surface area contributed by atoms with E-state index in [4.69, 9.17) is 19.4 Å². The molecule has 0 unspecified atom stereocenters. The maximum absolute atomic E-state index is 13.0. The Labute approximate surface area is 204 Å². The highest BCUT2D eigenvalue weighted by Gasteiger charge is 2.29. The molecule has 1 aromatic carbocycles. The van der Waals surface area contributed by atoms with Crippen molar-refractivity contribution in [3.63, 3.8) is 0 Å². The van der Waals surface area contributed by atoms with E-state index in [0.717, 1.165) is 48.0 Å². The van der Waals surface area contributed by atoms with Gasteiger partial charge in [-0.1, -0.05) is 25.1 Å². The number of aromatic nitrogens is 2. The van der Waals surface area contributed by atoms with Gasteiger partial charge in [-0.25, -0.2) is 4.98 Å². The predicted octanol–water partition coefficient (Wildman–Crippen LogP) is 4.70. The summed E-state index contributed by atoms with van der Waals surface area (Å²) in [7, 11) is 1.63. The molecule has 7 nitrogen and oxygen atoms in total. The zero-order valence-corrected chi connectivity index (χ0v) is 20.5. The molecule has 4 heterocycles. The molecule has 0 radical (unpaired) electrons. The molecular weight excluding hydrogens is 448 g/mol. The predicted molar refractivity (Wildman–Crippen MR) is 133 cm³/mol. The van der Waals surface area contributed by atoms with Crippen LogP contribution in [-0.4, -0.2) is 47.5 Å². The fraction of sp³-hybridized carbons (Fsp3) is 0.423. The molecular formula is C26H30N4O3S. The van der Waals surface area contributed by atoms with Gasteiger partial charge in [0.2, 0.25) is 17.7 Å². The Bertz CT molecular complexity index is 1140. The van der Waals surface area contributed by atoms with Gasteiger partial charge in [0.05, 0.1) is 31.3 Å². The Kier molecular flexibility index (Phi) is 6.67. The molecule has 2 aromatic heterocycles. The van der Waals surface area contributed by atoms with Gasteiger partial charge in [0.1, 0.15) is 0 Å². The van der Waals surface area contributed by atoms with Crippen molar-refractivity contribution in [2.45, 2.75) is 39.2 Å². The van der Waals surface area contributed by atoms with E-state index >= 15 is 0 Å². The second kappa shape index (κ2) is 10.0. The Hall–Kier alpha value is -3.13. The highest BCUT2D eigenvalue weighted by Crippen LogP contribution is 2.36. The Morgan fingerprint density at radius 3 is 2.62 bits per heavy atom. The number of piperidine rings is 1. The Morgan fingerprint density at radius 2 is 1.88 bits per heavy atom. The fourth-order valence-electron chi connectivity index (χ4n) is 4.50. The van der Waals surface area contributed by atoms with Crippen molar-refractivity contribution in [1.29, 1.82) is 0 Å². The van der Waals surface area contributed by atoms with E-state index in [0.29, 0.717) is 49.3 Å². The molecule has 0 aliphatic carbocycles. The van der Waals surface area contributed by atoms with Crippen molar-refractivity contribution >= 4 is 23.2 Å². The van der Waals surface area contributed by atoms with E-state index in [1.165, 1.54) is 0 Å². The van der Waals surface area contributed by atoms with Gasteiger partial charge >= 0.3 is 0 Å². The maximum Gasteiger partial charge on any atom is 0.229 e. The van der Waals surface area contributed by atoms with Crippen molar-refractivity contribution in [3.05, 3.63) is 57.9 Å². The zero-order chi connectivity index (χ0) is 23.5. The van der Waals surface area contributed by atoms with Gasteiger partial charge in [-0.15, -0.1) is 11.3 Å². The molecule has 2 aliphatic rings. The lowest BCUT2D eigenvalue weighted by Gasteiger charge is -2.33. The van der Waals surface area contributed by atoms with Crippen molar-refractivity contribution in [1.82, 2.24) is 14.9 Å².